The Morgan fingerprint density at radius 3 is 3.00 bits per heavy atom. The van der Waals surface area contributed by atoms with Gasteiger partial charge in [0.1, 0.15) is 11.5 Å². The predicted octanol–water partition coefficient (Wildman–Crippen LogP) is 2.41. The summed E-state index contributed by atoms with van der Waals surface area (Å²) in [5.74, 6) is -0.726. The van der Waals surface area contributed by atoms with Gasteiger partial charge in [0.25, 0.3) is 0 Å². The number of pyridine rings is 1. The molecule has 2 atom stereocenters. The molecule has 0 aromatic carbocycles. The number of piperidine rings is 1. The third kappa shape index (κ3) is 2.07. The summed E-state index contributed by atoms with van der Waals surface area (Å²) in [5, 5.41) is 3.15. The maximum absolute atomic E-state index is 14.7. The van der Waals surface area contributed by atoms with Gasteiger partial charge in [-0.2, -0.15) is 0 Å². The van der Waals surface area contributed by atoms with Gasteiger partial charge in [-0.15, -0.1) is 0 Å². The largest absolute Gasteiger partial charge is 0.316 e. The summed E-state index contributed by atoms with van der Waals surface area (Å²) in [4.78, 5) is 3.65. The van der Waals surface area contributed by atoms with Crippen LogP contribution in [0.25, 0.3) is 0 Å². The SMILES string of the molecule is CC(F)(c1ccncc1F)C1CCCNC1. The van der Waals surface area contributed by atoms with Crippen molar-refractivity contribution in [2.45, 2.75) is 25.4 Å². The molecule has 1 aliphatic heterocycles. The lowest BCUT2D eigenvalue weighted by molar-refractivity contribution is 0.0770. The maximum Gasteiger partial charge on any atom is 0.147 e. The number of nitrogens with zero attached hydrogens (tertiary/aromatic N) is 1. The first kappa shape index (κ1) is 11.5. The monoisotopic (exact) mass is 226 g/mol. The number of hydrogen-bond acceptors (Lipinski definition) is 2. The summed E-state index contributed by atoms with van der Waals surface area (Å²) in [6, 6.07) is 1.43. The Kier molecular flexibility index (Phi) is 3.19. The molecule has 2 heterocycles. The van der Waals surface area contributed by atoms with Crippen molar-refractivity contribution in [2.24, 2.45) is 5.92 Å². The van der Waals surface area contributed by atoms with Gasteiger partial charge in [-0.1, -0.05) is 0 Å². The van der Waals surface area contributed by atoms with Gasteiger partial charge in [-0.3, -0.25) is 4.98 Å². The number of nitrogens with one attached hydrogen (secondary N) is 1. The fraction of sp³-hybridized carbons (Fsp3) is 0.583. The second-order valence-corrected chi connectivity index (χ2v) is 4.47. The Labute approximate surface area is 94.1 Å². The van der Waals surface area contributed by atoms with E-state index in [0.717, 1.165) is 25.6 Å². The number of alkyl halides is 1. The summed E-state index contributed by atoms with van der Waals surface area (Å²) in [7, 11) is 0. The molecule has 0 aliphatic carbocycles. The van der Waals surface area contributed by atoms with Gasteiger partial charge < -0.3 is 5.32 Å². The minimum absolute atomic E-state index is 0.121. The Morgan fingerprint density at radius 1 is 1.56 bits per heavy atom. The molecule has 1 aliphatic rings. The molecule has 1 fully saturated rings. The minimum atomic E-state index is -1.62. The smallest absolute Gasteiger partial charge is 0.147 e. The van der Waals surface area contributed by atoms with Crippen molar-refractivity contribution in [3.05, 3.63) is 29.8 Å². The lowest BCUT2D eigenvalue weighted by Crippen LogP contribution is -2.40. The molecule has 2 nitrogen and oxygen atoms in total. The standard InChI is InChI=1S/C12H16F2N2/c1-12(14,9-3-2-5-15-7-9)10-4-6-16-8-11(10)13/h4,6,8-9,15H,2-3,5,7H2,1H3. The van der Waals surface area contributed by atoms with Crippen LogP contribution in [0.1, 0.15) is 25.3 Å². The zero-order chi connectivity index (χ0) is 11.6. The molecule has 0 radical (unpaired) electrons. The molecule has 0 saturated carbocycles. The molecule has 1 aromatic heterocycles. The van der Waals surface area contributed by atoms with Crippen LogP contribution in [0.4, 0.5) is 8.78 Å². The molecule has 0 bridgehead atoms. The third-order valence-corrected chi connectivity index (χ3v) is 3.36. The normalized spacial score (nSPS) is 25.1. The topological polar surface area (TPSA) is 24.9 Å². The predicted molar refractivity (Wildman–Crippen MR) is 58.2 cm³/mol. The van der Waals surface area contributed by atoms with E-state index >= 15 is 0 Å². The van der Waals surface area contributed by atoms with E-state index in [-0.39, 0.29) is 11.5 Å². The van der Waals surface area contributed by atoms with E-state index < -0.39 is 11.5 Å². The second-order valence-electron chi connectivity index (χ2n) is 4.47. The average Bonchev–Trinajstić information content (AvgIpc) is 2.30. The van der Waals surface area contributed by atoms with E-state index in [1.54, 1.807) is 0 Å². The maximum atomic E-state index is 14.7. The molecule has 88 valence electrons. The summed E-state index contributed by atoms with van der Waals surface area (Å²) >= 11 is 0. The van der Waals surface area contributed by atoms with Gasteiger partial charge >= 0.3 is 0 Å². The first-order chi connectivity index (χ1) is 7.62. The van der Waals surface area contributed by atoms with Gasteiger partial charge in [-0.05, 0) is 32.4 Å². The van der Waals surface area contributed by atoms with Crippen LogP contribution in [0.5, 0.6) is 0 Å². The zero-order valence-corrected chi connectivity index (χ0v) is 9.34. The number of aromatic nitrogens is 1. The van der Waals surface area contributed by atoms with Crippen molar-refractivity contribution in [2.75, 3.05) is 13.1 Å². The van der Waals surface area contributed by atoms with E-state index in [4.69, 9.17) is 0 Å². The van der Waals surface area contributed by atoms with Crippen molar-refractivity contribution in [1.82, 2.24) is 10.3 Å². The van der Waals surface area contributed by atoms with E-state index in [1.807, 2.05) is 0 Å². The zero-order valence-electron chi connectivity index (χ0n) is 9.34. The Morgan fingerprint density at radius 2 is 2.38 bits per heavy atom. The average molecular weight is 226 g/mol. The fourth-order valence-electron chi connectivity index (χ4n) is 2.31. The van der Waals surface area contributed by atoms with Gasteiger partial charge in [-0.25, -0.2) is 8.78 Å². The second kappa shape index (κ2) is 4.45. The van der Waals surface area contributed by atoms with Crippen LogP contribution in [0.2, 0.25) is 0 Å². The molecular weight excluding hydrogens is 210 g/mol. The molecule has 2 rings (SSSR count). The first-order valence-electron chi connectivity index (χ1n) is 5.62. The quantitative estimate of drug-likeness (QED) is 0.837. The van der Waals surface area contributed by atoms with Crippen LogP contribution in [-0.4, -0.2) is 18.1 Å². The highest BCUT2D eigenvalue weighted by molar-refractivity contribution is 5.22. The highest BCUT2D eigenvalue weighted by Crippen LogP contribution is 2.38. The van der Waals surface area contributed by atoms with Gasteiger partial charge in [0.15, 0.2) is 0 Å². The lowest BCUT2D eigenvalue weighted by atomic mass is 9.80. The van der Waals surface area contributed by atoms with Crippen LogP contribution in [-0.2, 0) is 5.67 Å². The Hall–Kier alpha value is -1.03. The number of halogens is 2. The van der Waals surface area contributed by atoms with Crippen LogP contribution >= 0.6 is 0 Å². The summed E-state index contributed by atoms with van der Waals surface area (Å²) < 4.78 is 28.2. The molecule has 1 saturated heterocycles. The van der Waals surface area contributed by atoms with Crippen LogP contribution < -0.4 is 5.32 Å². The van der Waals surface area contributed by atoms with Gasteiger partial charge in [0.2, 0.25) is 0 Å². The van der Waals surface area contributed by atoms with Crippen LogP contribution in [0.3, 0.4) is 0 Å². The Bertz CT molecular complexity index is 360. The van der Waals surface area contributed by atoms with Crippen molar-refractivity contribution >= 4 is 0 Å². The summed E-state index contributed by atoms with van der Waals surface area (Å²) in [6.45, 7) is 2.99. The van der Waals surface area contributed by atoms with Crippen molar-refractivity contribution in [3.8, 4) is 0 Å². The lowest BCUT2D eigenvalue weighted by Gasteiger charge is -2.34. The summed E-state index contributed by atoms with van der Waals surface area (Å²) in [6.07, 6.45) is 4.24. The van der Waals surface area contributed by atoms with Gasteiger partial charge in [0.05, 0.1) is 6.20 Å². The minimum Gasteiger partial charge on any atom is -0.316 e. The molecular formula is C12H16F2N2. The van der Waals surface area contributed by atoms with Crippen molar-refractivity contribution < 1.29 is 8.78 Å². The number of rotatable bonds is 2. The molecule has 4 heteroatoms. The van der Waals surface area contributed by atoms with Gasteiger partial charge in [0, 0.05) is 24.2 Å². The number of hydrogen-bond donors (Lipinski definition) is 1. The highest BCUT2D eigenvalue weighted by Gasteiger charge is 2.38. The van der Waals surface area contributed by atoms with E-state index in [1.165, 1.54) is 19.2 Å². The van der Waals surface area contributed by atoms with E-state index in [9.17, 15) is 8.78 Å². The Balaban J connectivity index is 2.26. The molecule has 0 spiro atoms. The summed E-state index contributed by atoms with van der Waals surface area (Å²) in [5.41, 5.74) is -1.50. The first-order valence-corrected chi connectivity index (χ1v) is 5.62. The van der Waals surface area contributed by atoms with Crippen LogP contribution in [0.15, 0.2) is 18.5 Å². The van der Waals surface area contributed by atoms with E-state index in [0.29, 0.717) is 6.54 Å². The third-order valence-electron chi connectivity index (χ3n) is 3.36. The van der Waals surface area contributed by atoms with Crippen molar-refractivity contribution in [3.63, 3.8) is 0 Å². The fourth-order valence-corrected chi connectivity index (χ4v) is 2.31. The molecule has 2 unspecified atom stereocenters. The molecule has 1 N–H and O–H groups in total. The molecule has 16 heavy (non-hydrogen) atoms. The van der Waals surface area contributed by atoms with E-state index in [2.05, 4.69) is 10.3 Å². The highest BCUT2D eigenvalue weighted by atomic mass is 19.1. The van der Waals surface area contributed by atoms with Crippen molar-refractivity contribution in [1.29, 1.82) is 0 Å². The molecule has 0 amide bonds. The van der Waals surface area contributed by atoms with Crippen LogP contribution in [0, 0.1) is 11.7 Å². The molecule has 1 aromatic rings.